The molecule has 4 N–H and O–H groups in total. The number of nitrogens with one attached hydrogen (secondary N) is 2. The molecule has 0 radical (unpaired) electrons. The molecule has 0 spiro atoms. The Morgan fingerprint density at radius 2 is 1.88 bits per heavy atom. The summed E-state index contributed by atoms with van der Waals surface area (Å²) in [4.78, 5) is 25.7. The van der Waals surface area contributed by atoms with Crippen LogP contribution in [0.3, 0.4) is 0 Å². The molecule has 2 rings (SSSR count). The van der Waals surface area contributed by atoms with E-state index in [1.165, 1.54) is 18.2 Å². The van der Waals surface area contributed by atoms with Gasteiger partial charge >= 0.3 is 0 Å². The summed E-state index contributed by atoms with van der Waals surface area (Å²) in [5, 5.41) is 5.16. The van der Waals surface area contributed by atoms with Crippen molar-refractivity contribution in [3.8, 4) is 0 Å². The molecule has 1 aromatic carbocycles. The maximum atomic E-state index is 13.8. The quantitative estimate of drug-likeness (QED) is 0.682. The monoisotopic (exact) mass is 338 g/mol. The minimum atomic E-state index is -0.549. The highest BCUT2D eigenvalue weighted by Gasteiger charge is 2.13. The van der Waals surface area contributed by atoms with Crippen molar-refractivity contribution in [3.05, 3.63) is 24.0 Å². The van der Waals surface area contributed by atoms with Crippen molar-refractivity contribution in [2.75, 3.05) is 50.0 Å². The summed E-state index contributed by atoms with van der Waals surface area (Å²) in [6.07, 6.45) is 0.446. The van der Waals surface area contributed by atoms with E-state index in [9.17, 15) is 14.0 Å². The van der Waals surface area contributed by atoms with E-state index in [1.807, 2.05) is 0 Å². The molecule has 0 aliphatic carbocycles. The Hall–Kier alpha value is -2.03. The Kier molecular flexibility index (Phi) is 7.10. The summed E-state index contributed by atoms with van der Waals surface area (Å²) < 4.78 is 19.1. The lowest BCUT2D eigenvalue weighted by molar-refractivity contribution is -0.117. The first-order valence-corrected chi connectivity index (χ1v) is 7.98. The number of nitrogens with two attached hydrogens (primary N) is 1. The molecule has 2 amide bonds. The van der Waals surface area contributed by atoms with Gasteiger partial charge in [-0.15, -0.1) is 0 Å². The first-order valence-electron chi connectivity index (χ1n) is 7.98. The van der Waals surface area contributed by atoms with Gasteiger partial charge in [0.05, 0.1) is 18.9 Å². The zero-order valence-electron chi connectivity index (χ0n) is 13.5. The van der Waals surface area contributed by atoms with Crippen LogP contribution >= 0.6 is 0 Å². The van der Waals surface area contributed by atoms with Gasteiger partial charge in [0.15, 0.2) is 0 Å². The Bertz CT molecular complexity index is 576. The van der Waals surface area contributed by atoms with Crippen molar-refractivity contribution < 1.29 is 18.7 Å². The lowest BCUT2D eigenvalue weighted by atomic mass is 10.2. The molecular formula is C16H23FN4O3. The Balaban J connectivity index is 1.87. The fraction of sp³-hybridized carbons (Fsp3) is 0.500. The molecule has 24 heavy (non-hydrogen) atoms. The lowest BCUT2D eigenvalue weighted by Gasteiger charge is -2.26. The molecule has 0 saturated carbocycles. The van der Waals surface area contributed by atoms with E-state index in [0.717, 1.165) is 13.1 Å². The van der Waals surface area contributed by atoms with Crippen LogP contribution < -0.4 is 16.4 Å². The molecule has 0 aromatic heterocycles. The molecule has 1 heterocycles. The van der Waals surface area contributed by atoms with Crippen molar-refractivity contribution >= 4 is 23.2 Å². The number of amides is 2. The van der Waals surface area contributed by atoms with Gasteiger partial charge in [0.25, 0.3) is 0 Å². The number of morpholine rings is 1. The van der Waals surface area contributed by atoms with Gasteiger partial charge in [0.2, 0.25) is 11.8 Å². The summed E-state index contributed by atoms with van der Waals surface area (Å²) in [6, 6.07) is 4.04. The zero-order valence-corrected chi connectivity index (χ0v) is 13.5. The number of hydrogen-bond acceptors (Lipinski definition) is 5. The van der Waals surface area contributed by atoms with E-state index in [4.69, 9.17) is 10.5 Å². The predicted octanol–water partition coefficient (Wildman–Crippen LogP) is 0.774. The molecule has 0 atom stereocenters. The van der Waals surface area contributed by atoms with E-state index >= 15 is 0 Å². The maximum Gasteiger partial charge on any atom is 0.225 e. The minimum absolute atomic E-state index is 0.0486. The SMILES string of the molecule is NCCC(=O)Nc1ccc(F)c(NC(=O)CCN2CCOCC2)c1. The van der Waals surface area contributed by atoms with Crippen molar-refractivity contribution in [1.82, 2.24) is 4.90 Å². The summed E-state index contributed by atoms with van der Waals surface area (Å²) in [5.41, 5.74) is 5.77. The highest BCUT2D eigenvalue weighted by Crippen LogP contribution is 2.20. The summed E-state index contributed by atoms with van der Waals surface area (Å²) >= 11 is 0. The fourth-order valence-electron chi connectivity index (χ4n) is 2.35. The van der Waals surface area contributed by atoms with Gasteiger partial charge in [0.1, 0.15) is 5.82 Å². The number of rotatable bonds is 7. The van der Waals surface area contributed by atoms with Crippen LogP contribution in [0.4, 0.5) is 15.8 Å². The van der Waals surface area contributed by atoms with Crippen LogP contribution in [0.5, 0.6) is 0 Å². The topological polar surface area (TPSA) is 96.7 Å². The number of halogens is 1. The molecule has 1 aliphatic rings. The van der Waals surface area contributed by atoms with Crippen LogP contribution in [0.2, 0.25) is 0 Å². The number of carbonyl (C=O) groups excluding carboxylic acids is 2. The molecule has 0 bridgehead atoms. The van der Waals surface area contributed by atoms with Crippen LogP contribution in [0, 0.1) is 5.82 Å². The third-order valence-electron chi connectivity index (χ3n) is 3.65. The number of benzene rings is 1. The first-order chi connectivity index (χ1) is 11.6. The molecule has 132 valence electrons. The number of nitrogens with zero attached hydrogens (tertiary/aromatic N) is 1. The number of ether oxygens (including phenoxy) is 1. The van der Waals surface area contributed by atoms with Crippen LogP contribution in [0.1, 0.15) is 12.8 Å². The molecule has 7 nitrogen and oxygen atoms in total. The standard InChI is InChI=1S/C16H23FN4O3/c17-13-2-1-12(19-15(22)3-5-18)11-14(13)20-16(23)4-6-21-7-9-24-10-8-21/h1-2,11H,3-10,18H2,(H,19,22)(H,20,23). The van der Waals surface area contributed by atoms with Gasteiger partial charge in [-0.25, -0.2) is 4.39 Å². The van der Waals surface area contributed by atoms with E-state index in [1.54, 1.807) is 0 Å². The normalized spacial score (nSPS) is 15.1. The van der Waals surface area contributed by atoms with E-state index in [2.05, 4.69) is 15.5 Å². The van der Waals surface area contributed by atoms with Gasteiger partial charge < -0.3 is 21.1 Å². The molecule has 0 unspecified atom stereocenters. The molecule has 1 aliphatic heterocycles. The van der Waals surface area contributed by atoms with E-state index in [0.29, 0.717) is 25.4 Å². The van der Waals surface area contributed by atoms with Gasteiger partial charge in [0, 0.05) is 44.7 Å². The lowest BCUT2D eigenvalue weighted by Crippen LogP contribution is -2.38. The predicted molar refractivity (Wildman–Crippen MR) is 89.2 cm³/mol. The number of hydrogen-bond donors (Lipinski definition) is 3. The third kappa shape index (κ3) is 5.88. The highest BCUT2D eigenvalue weighted by atomic mass is 19.1. The van der Waals surface area contributed by atoms with Gasteiger partial charge in [-0.05, 0) is 18.2 Å². The molecule has 8 heteroatoms. The average Bonchev–Trinajstić information content (AvgIpc) is 2.57. The first kappa shape index (κ1) is 18.3. The van der Waals surface area contributed by atoms with Crippen molar-refractivity contribution in [3.63, 3.8) is 0 Å². The third-order valence-corrected chi connectivity index (χ3v) is 3.65. The second-order valence-electron chi connectivity index (χ2n) is 5.53. The average molecular weight is 338 g/mol. The van der Waals surface area contributed by atoms with Gasteiger partial charge in [-0.2, -0.15) is 0 Å². The molecule has 1 saturated heterocycles. The number of carbonyl (C=O) groups is 2. The second-order valence-corrected chi connectivity index (χ2v) is 5.53. The summed E-state index contributed by atoms with van der Waals surface area (Å²) in [5.74, 6) is -1.08. The maximum absolute atomic E-state index is 13.8. The second kappa shape index (κ2) is 9.31. The summed E-state index contributed by atoms with van der Waals surface area (Å²) in [6.45, 7) is 3.76. The summed E-state index contributed by atoms with van der Waals surface area (Å²) in [7, 11) is 0. The molecule has 1 aromatic rings. The Morgan fingerprint density at radius 3 is 2.58 bits per heavy atom. The Labute approximate surface area is 140 Å². The van der Waals surface area contributed by atoms with E-state index in [-0.39, 0.29) is 36.9 Å². The largest absolute Gasteiger partial charge is 0.379 e. The molecule has 1 fully saturated rings. The minimum Gasteiger partial charge on any atom is -0.379 e. The van der Waals surface area contributed by atoms with Crippen LogP contribution in [0.15, 0.2) is 18.2 Å². The Morgan fingerprint density at radius 1 is 1.17 bits per heavy atom. The van der Waals surface area contributed by atoms with Crippen LogP contribution in [0.25, 0.3) is 0 Å². The van der Waals surface area contributed by atoms with Crippen molar-refractivity contribution in [2.24, 2.45) is 5.73 Å². The molecular weight excluding hydrogens is 315 g/mol. The van der Waals surface area contributed by atoms with Gasteiger partial charge in [-0.1, -0.05) is 0 Å². The van der Waals surface area contributed by atoms with Crippen LogP contribution in [-0.2, 0) is 14.3 Å². The highest BCUT2D eigenvalue weighted by molar-refractivity contribution is 5.94. The van der Waals surface area contributed by atoms with E-state index < -0.39 is 5.82 Å². The van der Waals surface area contributed by atoms with Gasteiger partial charge in [-0.3, -0.25) is 14.5 Å². The van der Waals surface area contributed by atoms with Crippen molar-refractivity contribution in [2.45, 2.75) is 12.8 Å². The number of anilines is 2. The van der Waals surface area contributed by atoms with Crippen LogP contribution in [-0.4, -0.2) is 56.1 Å². The zero-order chi connectivity index (χ0) is 17.4. The smallest absolute Gasteiger partial charge is 0.225 e. The fourth-order valence-corrected chi connectivity index (χ4v) is 2.35. The van der Waals surface area contributed by atoms with Crippen molar-refractivity contribution in [1.29, 1.82) is 0 Å².